The molecule has 114 heavy (non-hydrogen) atoms. The summed E-state index contributed by atoms with van der Waals surface area (Å²) in [6.07, 6.45) is 50.6. The highest BCUT2D eigenvalue weighted by atomic mass is 16.2. The third-order valence-electron chi connectivity index (χ3n) is 26.5. The molecule has 2 saturated heterocycles. The van der Waals surface area contributed by atoms with Gasteiger partial charge in [-0.1, -0.05) is 169 Å². The van der Waals surface area contributed by atoms with Crippen LogP contribution in [-0.2, 0) is 22.4 Å². The number of aromatic amines is 2. The van der Waals surface area contributed by atoms with E-state index in [2.05, 4.69) is 182 Å². The summed E-state index contributed by atoms with van der Waals surface area (Å²) in [4.78, 5) is 68.4. The second kappa shape index (κ2) is 55.9. The molecule has 4 N–H and O–H groups in total. The third-order valence-corrected chi connectivity index (χ3v) is 26.5. The standard InChI is InChI=1S/C98H172N14O2/c1-15-19-21-23-25-27-29-31-33-35-37-49-83-55-73-111(71-47-65-107(11)61-41-39-59-105(9)63-45-67-109(83)13)69-43-57-99-97(113)53-51-87-81(7)90-75-89-79(5)85(17-3)93(101-89)76-91-80(6)86(18-4)94(102-91)77-92-82(8)88(96(104-92)78-95(87)103-90)52-54-98(114)100-58-44-70-112-72-48-66-108(12)62-42-40-60-106(10)64-46-68-110(14)84(56-74-112)50-38-36-34-32-30-28-26-24-22-20-16-2/h75-78,83-84,101-102H,15-74H2,1-14H3,(H,99,113)(H,100,114). The van der Waals surface area contributed by atoms with Crippen molar-refractivity contribution >= 4 is 56.2 Å². The van der Waals surface area contributed by atoms with Gasteiger partial charge in [0.15, 0.2) is 0 Å². The molecular weight excluding hydrogens is 1410 g/mol. The molecule has 7 rings (SSSR count). The van der Waals surface area contributed by atoms with Gasteiger partial charge in [-0.2, -0.15) is 0 Å². The molecule has 4 aliphatic rings. The number of hydrogen-bond acceptors (Lipinski definition) is 12. The molecule has 0 radical (unpaired) electrons. The van der Waals surface area contributed by atoms with Gasteiger partial charge >= 0.3 is 0 Å². The van der Waals surface area contributed by atoms with E-state index in [1.54, 1.807) is 0 Å². The first kappa shape index (κ1) is 96.4. The molecule has 2 unspecified atom stereocenters. The fourth-order valence-electron chi connectivity index (χ4n) is 18.7. The van der Waals surface area contributed by atoms with E-state index in [1.165, 1.54) is 254 Å². The Hall–Kier alpha value is -4.78. The van der Waals surface area contributed by atoms with Crippen LogP contribution in [0.1, 0.15) is 343 Å². The molecule has 16 nitrogen and oxygen atoms in total. The van der Waals surface area contributed by atoms with Crippen molar-refractivity contribution in [2.75, 3.05) is 160 Å². The Labute approximate surface area is 698 Å². The highest BCUT2D eigenvalue weighted by Crippen LogP contribution is 2.39. The lowest BCUT2D eigenvalue weighted by Crippen LogP contribution is -2.38. The summed E-state index contributed by atoms with van der Waals surface area (Å²) in [6.45, 7) is 37.2. The van der Waals surface area contributed by atoms with Crippen molar-refractivity contribution < 1.29 is 9.59 Å². The van der Waals surface area contributed by atoms with E-state index in [0.29, 0.717) is 50.9 Å². The Morgan fingerprint density at radius 2 is 0.693 bits per heavy atom. The molecule has 2 amide bonds. The van der Waals surface area contributed by atoms with E-state index < -0.39 is 0 Å². The lowest BCUT2D eigenvalue weighted by atomic mass is 9.98. The van der Waals surface area contributed by atoms with E-state index in [1.807, 2.05) is 0 Å². The van der Waals surface area contributed by atoms with Gasteiger partial charge in [-0.25, -0.2) is 9.97 Å². The number of aromatic nitrogens is 4. The molecule has 3 aromatic rings. The number of fused-ring (bicyclic) bond motifs is 8. The van der Waals surface area contributed by atoms with Crippen LogP contribution in [0.4, 0.5) is 0 Å². The third kappa shape index (κ3) is 35.3. The van der Waals surface area contributed by atoms with Gasteiger partial charge in [0, 0.05) is 60.1 Å². The topological polar surface area (TPSA) is 141 Å². The summed E-state index contributed by atoms with van der Waals surface area (Å²) in [5, 5.41) is 6.83. The number of carbonyl (C=O) groups is 2. The Bertz CT molecular complexity index is 3420. The van der Waals surface area contributed by atoms with Crippen molar-refractivity contribution in [3.63, 3.8) is 0 Å². The molecule has 16 heteroatoms. The van der Waals surface area contributed by atoms with Crippen LogP contribution in [0.2, 0.25) is 0 Å². The first-order chi connectivity index (χ1) is 55.4. The Kier molecular flexibility index (Phi) is 47.2. The molecule has 2 atom stereocenters. The van der Waals surface area contributed by atoms with Crippen LogP contribution in [-0.4, -0.2) is 243 Å². The van der Waals surface area contributed by atoms with Crippen LogP contribution in [0.15, 0.2) is 24.3 Å². The van der Waals surface area contributed by atoms with Crippen molar-refractivity contribution in [3.8, 4) is 0 Å². The number of aryl methyl sites for hydroxylation is 4. The van der Waals surface area contributed by atoms with Crippen LogP contribution >= 0.6 is 0 Å². The van der Waals surface area contributed by atoms with Crippen molar-refractivity contribution in [3.05, 3.63) is 69.3 Å². The van der Waals surface area contributed by atoms with E-state index in [-0.39, 0.29) is 11.8 Å². The summed E-state index contributed by atoms with van der Waals surface area (Å²) < 4.78 is 0. The first-order valence-electron chi connectivity index (χ1n) is 47.7. The zero-order valence-electron chi connectivity index (χ0n) is 76.2. The zero-order valence-corrected chi connectivity index (χ0v) is 76.2. The minimum absolute atomic E-state index is 0.0827. The predicted octanol–water partition coefficient (Wildman–Crippen LogP) is 20.8. The number of amides is 2. The van der Waals surface area contributed by atoms with E-state index in [9.17, 15) is 9.59 Å². The second-order valence-electron chi connectivity index (χ2n) is 36.0. The van der Waals surface area contributed by atoms with Gasteiger partial charge < -0.3 is 59.8 Å². The number of rotatable bonds is 40. The van der Waals surface area contributed by atoms with Crippen LogP contribution in [0.5, 0.6) is 0 Å². The summed E-state index contributed by atoms with van der Waals surface area (Å²) >= 11 is 0. The van der Waals surface area contributed by atoms with Crippen molar-refractivity contribution in [2.45, 2.75) is 337 Å². The normalized spacial score (nSPS) is 19.1. The van der Waals surface area contributed by atoms with Crippen molar-refractivity contribution in [2.24, 2.45) is 0 Å². The Morgan fingerprint density at radius 3 is 1.06 bits per heavy atom. The molecule has 0 saturated carbocycles. The number of nitrogens with one attached hydrogen (secondary N) is 4. The number of carbonyl (C=O) groups excluding carboxylic acids is 2. The minimum atomic E-state index is 0.0827. The maximum Gasteiger partial charge on any atom is 0.220 e. The molecule has 2 fully saturated rings. The van der Waals surface area contributed by atoms with Crippen molar-refractivity contribution in [1.82, 2.24) is 69.8 Å². The molecule has 646 valence electrons. The predicted molar refractivity (Wildman–Crippen MR) is 492 cm³/mol. The minimum Gasteiger partial charge on any atom is -0.356 e. The molecule has 8 bridgehead atoms. The van der Waals surface area contributed by atoms with Crippen LogP contribution < -0.4 is 10.6 Å². The number of allylic oxidation sites excluding steroid dienone is 4. The van der Waals surface area contributed by atoms with Crippen LogP contribution in [0.25, 0.3) is 44.4 Å². The number of H-pyrrole nitrogens is 2. The van der Waals surface area contributed by atoms with Gasteiger partial charge in [-0.15, -0.1) is 0 Å². The van der Waals surface area contributed by atoms with E-state index in [4.69, 9.17) is 9.97 Å². The van der Waals surface area contributed by atoms with Crippen LogP contribution in [0, 0.1) is 13.8 Å². The maximum absolute atomic E-state index is 14.3. The van der Waals surface area contributed by atoms with Gasteiger partial charge in [-0.05, 0) is 359 Å². The average Bonchev–Trinajstić information content (AvgIpc) is 1.62. The Morgan fingerprint density at radius 1 is 0.368 bits per heavy atom. The van der Waals surface area contributed by atoms with E-state index in [0.717, 1.165) is 184 Å². The first-order valence-corrected chi connectivity index (χ1v) is 47.7. The highest BCUT2D eigenvalue weighted by Gasteiger charge is 2.26. The van der Waals surface area contributed by atoms with Crippen LogP contribution in [0.3, 0.4) is 0 Å². The van der Waals surface area contributed by atoms with Crippen molar-refractivity contribution in [1.29, 1.82) is 0 Å². The quantitative estimate of drug-likeness (QED) is 0.0403. The van der Waals surface area contributed by atoms with E-state index >= 15 is 0 Å². The Balaban J connectivity index is 1.03. The second-order valence-corrected chi connectivity index (χ2v) is 36.0. The van der Waals surface area contributed by atoms with Gasteiger partial charge in [0.2, 0.25) is 11.8 Å². The number of nitrogens with zero attached hydrogens (tertiary/aromatic N) is 10. The molecule has 3 aromatic heterocycles. The molecule has 4 aliphatic heterocycles. The van der Waals surface area contributed by atoms with Gasteiger partial charge in [-0.3, -0.25) is 9.59 Å². The maximum atomic E-state index is 14.3. The summed E-state index contributed by atoms with van der Waals surface area (Å²) in [6, 6.07) is 10.1. The fraction of sp³-hybridized carbons (Fsp3) is 0.776. The highest BCUT2D eigenvalue weighted by molar-refractivity contribution is 5.97. The molecule has 7 heterocycles. The smallest absolute Gasteiger partial charge is 0.220 e. The van der Waals surface area contributed by atoms with Gasteiger partial charge in [0.1, 0.15) is 0 Å². The molecular formula is C98H172N14O2. The average molecular weight is 1580 g/mol. The largest absolute Gasteiger partial charge is 0.356 e. The molecule has 0 aliphatic carbocycles. The summed E-state index contributed by atoms with van der Waals surface area (Å²) in [5.74, 6) is 0.166. The summed E-state index contributed by atoms with van der Waals surface area (Å²) in [5.41, 5.74) is 17.2. The summed E-state index contributed by atoms with van der Waals surface area (Å²) in [7, 11) is 14.1. The molecule has 0 spiro atoms. The molecule has 0 aromatic carbocycles. The SMILES string of the molecule is CCCCCCCCCCCCCC1CCN(CCCNC(=O)CCC2=C(C)c3cc4[nH]c(cc5[nH]c(cc6nc(cc2n3)C(CCC(=O)NCCCN2CCCN(C)CCCCN(C)CCCN(C)C(CCCCCCCCCCCCC)CC2)=C6C)c(CC)c5C)c(CC)c4C)CCCN(C)CCCCN(C)CCCN1C. The number of hydrogen-bond donors (Lipinski definition) is 4. The fourth-order valence-corrected chi connectivity index (χ4v) is 18.7. The monoisotopic (exact) mass is 1580 g/mol. The lowest BCUT2D eigenvalue weighted by Gasteiger charge is -2.32. The van der Waals surface area contributed by atoms with Gasteiger partial charge in [0.25, 0.3) is 0 Å². The lowest BCUT2D eigenvalue weighted by molar-refractivity contribution is -0.121. The van der Waals surface area contributed by atoms with Gasteiger partial charge in [0.05, 0.1) is 22.8 Å². The number of unbranched alkanes of at least 4 members (excludes halogenated alkanes) is 20. The zero-order chi connectivity index (χ0) is 81.7.